The van der Waals surface area contributed by atoms with Gasteiger partial charge in [0.05, 0.1) is 14.6 Å². The Bertz CT molecular complexity index is 592. The lowest BCUT2D eigenvalue weighted by Crippen LogP contribution is -2.06. The summed E-state index contributed by atoms with van der Waals surface area (Å²) < 4.78 is 16.5. The van der Waals surface area contributed by atoms with Crippen molar-refractivity contribution in [3.05, 3.63) is 27.3 Å². The van der Waals surface area contributed by atoms with Gasteiger partial charge >= 0.3 is 0 Å². The third-order valence-corrected chi connectivity index (χ3v) is 4.34. The zero-order chi connectivity index (χ0) is 12.7. The molecular formula is C13H13ClFIN2. The highest BCUT2D eigenvalue weighted by molar-refractivity contribution is 14.1. The van der Waals surface area contributed by atoms with Crippen LogP contribution in [-0.2, 0) is 13.0 Å². The number of aryl methyl sites for hydroxylation is 1. The lowest BCUT2D eigenvalue weighted by Gasteiger charge is -2.07. The summed E-state index contributed by atoms with van der Waals surface area (Å²) in [5.74, 6) is 2.10. The standard InChI is InChI=1S/C13H13ClFIN2/c14-4-3-13-17-11-6-10(16)9(15)5-12(11)18(13)7-8-1-2-8/h5-6,8H,1-4,7H2. The number of benzene rings is 1. The summed E-state index contributed by atoms with van der Waals surface area (Å²) >= 11 is 7.82. The number of imidazole rings is 1. The molecule has 0 saturated heterocycles. The number of hydrogen-bond acceptors (Lipinski definition) is 1. The van der Waals surface area contributed by atoms with E-state index in [9.17, 15) is 4.39 Å². The molecule has 1 aliphatic carbocycles. The third kappa shape index (κ3) is 2.37. The average molecular weight is 379 g/mol. The van der Waals surface area contributed by atoms with E-state index in [0.717, 1.165) is 35.7 Å². The topological polar surface area (TPSA) is 17.8 Å². The Morgan fingerprint density at radius 1 is 1.44 bits per heavy atom. The van der Waals surface area contributed by atoms with Crippen LogP contribution < -0.4 is 0 Å². The van der Waals surface area contributed by atoms with Gasteiger partial charge in [0.2, 0.25) is 0 Å². The molecule has 0 bridgehead atoms. The number of rotatable bonds is 4. The van der Waals surface area contributed by atoms with Crippen molar-refractivity contribution in [2.75, 3.05) is 5.88 Å². The van der Waals surface area contributed by atoms with Gasteiger partial charge in [-0.3, -0.25) is 0 Å². The van der Waals surface area contributed by atoms with Crippen LogP contribution in [0.4, 0.5) is 4.39 Å². The minimum absolute atomic E-state index is 0.169. The van der Waals surface area contributed by atoms with Gasteiger partial charge in [-0.2, -0.15) is 0 Å². The third-order valence-electron chi connectivity index (χ3n) is 3.33. The van der Waals surface area contributed by atoms with Gasteiger partial charge in [-0.05, 0) is 47.4 Å². The van der Waals surface area contributed by atoms with Crippen LogP contribution in [0.1, 0.15) is 18.7 Å². The summed E-state index contributed by atoms with van der Waals surface area (Å²) in [6.45, 7) is 0.947. The van der Waals surface area contributed by atoms with Crippen LogP contribution in [-0.4, -0.2) is 15.4 Å². The second-order valence-corrected chi connectivity index (χ2v) is 6.32. The molecule has 18 heavy (non-hydrogen) atoms. The molecule has 1 fully saturated rings. The van der Waals surface area contributed by atoms with Crippen molar-refractivity contribution in [2.24, 2.45) is 5.92 Å². The monoisotopic (exact) mass is 378 g/mol. The first-order valence-corrected chi connectivity index (χ1v) is 7.70. The predicted octanol–water partition coefficient (Wildman–Crippen LogP) is 3.97. The van der Waals surface area contributed by atoms with E-state index in [2.05, 4.69) is 9.55 Å². The molecule has 1 aliphatic rings. The van der Waals surface area contributed by atoms with Crippen molar-refractivity contribution in [1.29, 1.82) is 0 Å². The smallest absolute Gasteiger partial charge is 0.138 e. The normalized spacial score (nSPS) is 15.5. The fourth-order valence-corrected chi connectivity index (χ4v) is 2.83. The van der Waals surface area contributed by atoms with E-state index in [1.54, 1.807) is 6.07 Å². The average Bonchev–Trinajstić information content (AvgIpc) is 3.09. The maximum atomic E-state index is 13.7. The fourth-order valence-electron chi connectivity index (χ4n) is 2.21. The summed E-state index contributed by atoms with van der Waals surface area (Å²) in [5, 5.41) is 0. The number of fused-ring (bicyclic) bond motifs is 1. The molecule has 5 heteroatoms. The zero-order valence-electron chi connectivity index (χ0n) is 9.80. The van der Waals surface area contributed by atoms with Gasteiger partial charge in [-0.1, -0.05) is 0 Å². The van der Waals surface area contributed by atoms with E-state index in [1.165, 1.54) is 12.8 Å². The Hall–Kier alpha value is -0.360. The van der Waals surface area contributed by atoms with Gasteiger partial charge in [-0.25, -0.2) is 9.37 Å². The molecule has 0 spiro atoms. The molecule has 0 radical (unpaired) electrons. The molecule has 1 aromatic heterocycles. The quantitative estimate of drug-likeness (QED) is 0.581. The minimum atomic E-state index is -0.169. The SMILES string of the molecule is Fc1cc2c(cc1I)nc(CCCl)n2CC1CC1. The second-order valence-electron chi connectivity index (χ2n) is 4.78. The van der Waals surface area contributed by atoms with Gasteiger partial charge in [0.15, 0.2) is 0 Å². The van der Waals surface area contributed by atoms with E-state index in [4.69, 9.17) is 11.6 Å². The molecule has 3 rings (SSSR count). The van der Waals surface area contributed by atoms with Crippen LogP contribution in [0.5, 0.6) is 0 Å². The summed E-state index contributed by atoms with van der Waals surface area (Å²) in [6.07, 6.45) is 3.28. The molecule has 96 valence electrons. The largest absolute Gasteiger partial charge is 0.328 e. The minimum Gasteiger partial charge on any atom is -0.328 e. The van der Waals surface area contributed by atoms with E-state index >= 15 is 0 Å². The Labute approximate surface area is 124 Å². The molecule has 0 amide bonds. The molecule has 1 saturated carbocycles. The van der Waals surface area contributed by atoms with Crippen molar-refractivity contribution >= 4 is 45.2 Å². The van der Waals surface area contributed by atoms with Crippen LogP contribution in [0.3, 0.4) is 0 Å². The van der Waals surface area contributed by atoms with Crippen molar-refractivity contribution in [3.8, 4) is 0 Å². The van der Waals surface area contributed by atoms with Gasteiger partial charge in [0.25, 0.3) is 0 Å². The molecule has 0 atom stereocenters. The van der Waals surface area contributed by atoms with E-state index in [-0.39, 0.29) is 5.82 Å². The van der Waals surface area contributed by atoms with Gasteiger partial charge in [0, 0.05) is 24.9 Å². The molecule has 0 aliphatic heterocycles. The Morgan fingerprint density at radius 3 is 2.89 bits per heavy atom. The van der Waals surface area contributed by atoms with Crippen molar-refractivity contribution < 1.29 is 4.39 Å². The van der Waals surface area contributed by atoms with Crippen LogP contribution in [0, 0.1) is 15.3 Å². The first-order chi connectivity index (χ1) is 8.69. The Balaban J connectivity index is 2.13. The summed E-state index contributed by atoms with van der Waals surface area (Å²) in [7, 11) is 0. The van der Waals surface area contributed by atoms with E-state index < -0.39 is 0 Å². The van der Waals surface area contributed by atoms with Crippen LogP contribution in [0.2, 0.25) is 0 Å². The van der Waals surface area contributed by atoms with Gasteiger partial charge in [0.1, 0.15) is 11.6 Å². The maximum absolute atomic E-state index is 13.7. The summed E-state index contributed by atoms with van der Waals surface area (Å²) in [4.78, 5) is 4.59. The van der Waals surface area contributed by atoms with Gasteiger partial charge in [-0.15, -0.1) is 11.6 Å². The number of halogens is 3. The lowest BCUT2D eigenvalue weighted by atomic mass is 10.3. The highest BCUT2D eigenvalue weighted by Gasteiger charge is 2.24. The van der Waals surface area contributed by atoms with Crippen LogP contribution in [0.25, 0.3) is 11.0 Å². The number of nitrogens with zero attached hydrogens (tertiary/aromatic N) is 2. The molecule has 1 aromatic carbocycles. The van der Waals surface area contributed by atoms with Crippen molar-refractivity contribution in [1.82, 2.24) is 9.55 Å². The predicted molar refractivity (Wildman–Crippen MR) is 79.6 cm³/mol. The number of hydrogen-bond donors (Lipinski definition) is 0. The Morgan fingerprint density at radius 2 is 2.22 bits per heavy atom. The van der Waals surface area contributed by atoms with Crippen molar-refractivity contribution in [3.63, 3.8) is 0 Å². The van der Waals surface area contributed by atoms with Crippen LogP contribution in [0.15, 0.2) is 12.1 Å². The Kier molecular flexibility index (Phi) is 3.49. The first-order valence-electron chi connectivity index (χ1n) is 6.09. The van der Waals surface area contributed by atoms with Crippen molar-refractivity contribution in [2.45, 2.75) is 25.8 Å². The molecular weight excluding hydrogens is 366 g/mol. The second kappa shape index (κ2) is 4.96. The number of alkyl halides is 1. The van der Waals surface area contributed by atoms with E-state index in [0.29, 0.717) is 9.45 Å². The summed E-state index contributed by atoms with van der Waals surface area (Å²) in [6, 6.07) is 3.41. The first kappa shape index (κ1) is 12.7. The van der Waals surface area contributed by atoms with Gasteiger partial charge < -0.3 is 4.57 Å². The maximum Gasteiger partial charge on any atom is 0.138 e. The van der Waals surface area contributed by atoms with E-state index in [1.807, 2.05) is 28.7 Å². The highest BCUT2D eigenvalue weighted by atomic mass is 127. The molecule has 2 nitrogen and oxygen atoms in total. The number of aromatic nitrogens is 2. The molecule has 1 heterocycles. The van der Waals surface area contributed by atoms with Crippen LogP contribution >= 0.6 is 34.2 Å². The highest BCUT2D eigenvalue weighted by Crippen LogP contribution is 2.33. The molecule has 0 N–H and O–H groups in total. The molecule has 0 unspecified atom stereocenters. The lowest BCUT2D eigenvalue weighted by molar-refractivity contribution is 0.605. The zero-order valence-corrected chi connectivity index (χ0v) is 12.7. The molecule has 2 aromatic rings. The summed E-state index contributed by atoms with van der Waals surface area (Å²) in [5.41, 5.74) is 1.78. The fraction of sp³-hybridized carbons (Fsp3) is 0.462.